The first-order valence-electron chi connectivity index (χ1n) is 6.57. The lowest BCUT2D eigenvalue weighted by molar-refractivity contribution is 0.681. The highest BCUT2D eigenvalue weighted by Gasteiger charge is 2.19. The Morgan fingerprint density at radius 3 is 2.37 bits per heavy atom. The molecule has 0 saturated heterocycles. The maximum absolute atomic E-state index is 4.43. The van der Waals surface area contributed by atoms with Crippen LogP contribution in [0.2, 0.25) is 0 Å². The summed E-state index contributed by atoms with van der Waals surface area (Å²) in [6, 6.07) is 9.00. The van der Waals surface area contributed by atoms with Gasteiger partial charge in [-0.05, 0) is 30.5 Å². The van der Waals surface area contributed by atoms with Crippen LogP contribution in [0.4, 0.5) is 0 Å². The summed E-state index contributed by atoms with van der Waals surface area (Å²) in [6.07, 6.45) is 7.25. The number of aromatic nitrogens is 2. The average molecular weight is 318 g/mol. The third kappa shape index (κ3) is 3.85. The highest BCUT2D eigenvalue weighted by Crippen LogP contribution is 2.19. The van der Waals surface area contributed by atoms with Gasteiger partial charge in [0.1, 0.15) is 5.82 Å². The predicted molar refractivity (Wildman–Crippen MR) is 78.8 cm³/mol. The van der Waals surface area contributed by atoms with Gasteiger partial charge in [0.05, 0.1) is 0 Å². The number of hydrogen-bond acceptors (Lipinski definition) is 3. The Hall–Kier alpha value is -1.26. The monoisotopic (exact) mass is 317 g/mol. The SMILES string of the molecule is Brc1ccc(Cc2ncc(CNC3CC3)cn2)cc1. The molecule has 1 aliphatic rings. The van der Waals surface area contributed by atoms with Crippen LogP contribution < -0.4 is 5.32 Å². The maximum atomic E-state index is 4.43. The van der Waals surface area contributed by atoms with Crippen molar-refractivity contribution in [1.29, 1.82) is 0 Å². The second kappa shape index (κ2) is 5.80. The van der Waals surface area contributed by atoms with Crippen LogP contribution in [0.1, 0.15) is 29.8 Å². The molecule has 1 heterocycles. The second-order valence-corrected chi connectivity index (χ2v) is 5.88. The molecule has 3 rings (SSSR count). The summed E-state index contributed by atoms with van der Waals surface area (Å²) in [5, 5.41) is 3.46. The van der Waals surface area contributed by atoms with Crippen LogP contribution in [-0.4, -0.2) is 16.0 Å². The largest absolute Gasteiger partial charge is 0.310 e. The van der Waals surface area contributed by atoms with Crippen LogP contribution in [0.25, 0.3) is 0 Å². The fourth-order valence-corrected chi connectivity index (χ4v) is 2.16. The van der Waals surface area contributed by atoms with Crippen LogP contribution in [-0.2, 0) is 13.0 Å². The maximum Gasteiger partial charge on any atom is 0.132 e. The first kappa shape index (κ1) is 12.8. The van der Waals surface area contributed by atoms with Crippen molar-refractivity contribution in [2.24, 2.45) is 0 Å². The molecule has 0 spiro atoms. The van der Waals surface area contributed by atoms with Gasteiger partial charge in [-0.15, -0.1) is 0 Å². The number of hydrogen-bond donors (Lipinski definition) is 1. The summed E-state index contributed by atoms with van der Waals surface area (Å²) < 4.78 is 1.10. The third-order valence-corrected chi connectivity index (χ3v) is 3.74. The average Bonchev–Trinajstić information content (AvgIpc) is 3.25. The van der Waals surface area contributed by atoms with Gasteiger partial charge in [0.15, 0.2) is 0 Å². The number of benzene rings is 1. The van der Waals surface area contributed by atoms with Crippen molar-refractivity contribution in [3.05, 3.63) is 58.1 Å². The Morgan fingerprint density at radius 2 is 1.74 bits per heavy atom. The summed E-state index contributed by atoms with van der Waals surface area (Å²) in [7, 11) is 0. The predicted octanol–water partition coefficient (Wildman–Crippen LogP) is 3.08. The highest BCUT2D eigenvalue weighted by molar-refractivity contribution is 9.10. The first-order chi connectivity index (χ1) is 9.29. The normalized spacial score (nSPS) is 14.6. The molecule has 19 heavy (non-hydrogen) atoms. The molecular weight excluding hydrogens is 302 g/mol. The minimum Gasteiger partial charge on any atom is -0.310 e. The summed E-state index contributed by atoms with van der Waals surface area (Å²) in [4.78, 5) is 8.86. The Balaban J connectivity index is 1.59. The molecule has 1 aromatic heterocycles. The van der Waals surface area contributed by atoms with Crippen molar-refractivity contribution in [2.45, 2.75) is 31.8 Å². The van der Waals surface area contributed by atoms with Crippen LogP contribution in [0.3, 0.4) is 0 Å². The molecule has 1 saturated carbocycles. The molecule has 0 aliphatic heterocycles. The molecule has 0 amide bonds. The van der Waals surface area contributed by atoms with Crippen LogP contribution in [0.5, 0.6) is 0 Å². The molecule has 2 aromatic rings. The van der Waals surface area contributed by atoms with Crippen molar-refractivity contribution in [3.8, 4) is 0 Å². The lowest BCUT2D eigenvalue weighted by Crippen LogP contribution is -2.15. The van der Waals surface area contributed by atoms with Crippen LogP contribution in [0.15, 0.2) is 41.1 Å². The summed E-state index contributed by atoms with van der Waals surface area (Å²) in [5.41, 5.74) is 2.39. The number of nitrogens with zero attached hydrogens (tertiary/aromatic N) is 2. The van der Waals surface area contributed by atoms with E-state index >= 15 is 0 Å². The summed E-state index contributed by atoms with van der Waals surface area (Å²) >= 11 is 3.44. The van der Waals surface area contributed by atoms with Crippen LogP contribution >= 0.6 is 15.9 Å². The van der Waals surface area contributed by atoms with Gasteiger partial charge < -0.3 is 5.32 Å². The van der Waals surface area contributed by atoms with E-state index < -0.39 is 0 Å². The Kier molecular flexibility index (Phi) is 3.89. The van der Waals surface area contributed by atoms with Gasteiger partial charge in [0.2, 0.25) is 0 Å². The molecule has 0 bridgehead atoms. The van der Waals surface area contributed by atoms with Crippen molar-refractivity contribution in [3.63, 3.8) is 0 Å². The van der Waals surface area contributed by atoms with Gasteiger partial charge >= 0.3 is 0 Å². The van der Waals surface area contributed by atoms with Gasteiger partial charge in [-0.1, -0.05) is 28.1 Å². The zero-order valence-corrected chi connectivity index (χ0v) is 12.2. The van der Waals surface area contributed by atoms with Crippen molar-refractivity contribution in [1.82, 2.24) is 15.3 Å². The number of halogens is 1. The fourth-order valence-electron chi connectivity index (χ4n) is 1.90. The summed E-state index contributed by atoms with van der Waals surface area (Å²) in [6.45, 7) is 0.878. The zero-order valence-electron chi connectivity index (χ0n) is 10.6. The lowest BCUT2D eigenvalue weighted by atomic mass is 10.1. The lowest BCUT2D eigenvalue weighted by Gasteiger charge is -2.04. The molecule has 0 unspecified atom stereocenters. The molecule has 98 valence electrons. The van der Waals surface area contributed by atoms with Crippen LogP contribution in [0, 0.1) is 0 Å². The van der Waals surface area contributed by atoms with E-state index in [0.717, 1.165) is 34.9 Å². The molecule has 1 aromatic carbocycles. The topological polar surface area (TPSA) is 37.8 Å². The van der Waals surface area contributed by atoms with E-state index in [4.69, 9.17) is 0 Å². The minimum absolute atomic E-state index is 0.724. The van der Waals surface area contributed by atoms with E-state index in [1.807, 2.05) is 24.5 Å². The molecular formula is C15H16BrN3. The molecule has 0 radical (unpaired) electrons. The minimum atomic E-state index is 0.724. The van der Waals surface area contributed by atoms with E-state index in [9.17, 15) is 0 Å². The zero-order chi connectivity index (χ0) is 13.1. The number of nitrogens with one attached hydrogen (secondary N) is 1. The smallest absolute Gasteiger partial charge is 0.132 e. The molecule has 0 atom stereocenters. The quantitative estimate of drug-likeness (QED) is 0.921. The Morgan fingerprint density at radius 1 is 1.05 bits per heavy atom. The van der Waals surface area contributed by atoms with Crippen molar-refractivity contribution >= 4 is 15.9 Å². The molecule has 4 heteroatoms. The van der Waals surface area contributed by atoms with Gasteiger partial charge in [-0.3, -0.25) is 0 Å². The second-order valence-electron chi connectivity index (χ2n) is 4.97. The molecule has 1 N–H and O–H groups in total. The van der Waals surface area contributed by atoms with Crippen molar-refractivity contribution in [2.75, 3.05) is 0 Å². The fraction of sp³-hybridized carbons (Fsp3) is 0.333. The van der Waals surface area contributed by atoms with E-state index in [1.54, 1.807) is 0 Å². The Labute approximate surface area is 121 Å². The molecule has 3 nitrogen and oxygen atoms in total. The molecule has 1 aliphatic carbocycles. The van der Waals surface area contributed by atoms with Gasteiger partial charge in [0, 0.05) is 41.4 Å². The Bertz CT molecular complexity index is 532. The van der Waals surface area contributed by atoms with E-state index in [1.165, 1.54) is 18.4 Å². The third-order valence-electron chi connectivity index (χ3n) is 3.21. The van der Waals surface area contributed by atoms with E-state index in [0.29, 0.717) is 0 Å². The highest BCUT2D eigenvalue weighted by atomic mass is 79.9. The van der Waals surface area contributed by atoms with E-state index in [-0.39, 0.29) is 0 Å². The molecule has 1 fully saturated rings. The summed E-state index contributed by atoms with van der Waals surface area (Å²) in [5.74, 6) is 0.873. The van der Waals surface area contributed by atoms with E-state index in [2.05, 4.69) is 43.3 Å². The number of rotatable bonds is 5. The van der Waals surface area contributed by atoms with Gasteiger partial charge in [-0.25, -0.2) is 9.97 Å². The standard InChI is InChI=1S/C15H16BrN3/c16-13-3-1-11(2-4-13)7-15-18-9-12(10-19-15)8-17-14-5-6-14/h1-4,9-10,14,17H,5-8H2. The van der Waals surface area contributed by atoms with Gasteiger partial charge in [-0.2, -0.15) is 0 Å². The first-order valence-corrected chi connectivity index (χ1v) is 7.36. The van der Waals surface area contributed by atoms with Crippen molar-refractivity contribution < 1.29 is 0 Å². The van der Waals surface area contributed by atoms with Gasteiger partial charge in [0.25, 0.3) is 0 Å².